The van der Waals surface area contributed by atoms with Crippen molar-refractivity contribution >= 4 is 11.5 Å². The summed E-state index contributed by atoms with van der Waals surface area (Å²) in [4.78, 5) is 0. The molecule has 17 heavy (non-hydrogen) atoms. The molecule has 94 valence electrons. The topological polar surface area (TPSA) is 70.6 Å². The van der Waals surface area contributed by atoms with Crippen molar-refractivity contribution in [1.29, 1.82) is 0 Å². The SMILES string of the molecule is NC(CNc1c(F)c(F)c(F)c(F)c1F)=NO. The molecule has 0 atom stereocenters. The predicted octanol–water partition coefficient (Wildman–Crippen LogP) is 1.54. The molecule has 0 aliphatic carbocycles. The quantitative estimate of drug-likeness (QED) is 0.146. The van der Waals surface area contributed by atoms with Crippen LogP contribution >= 0.6 is 0 Å². The maximum absolute atomic E-state index is 13.0. The highest BCUT2D eigenvalue weighted by molar-refractivity contribution is 5.84. The van der Waals surface area contributed by atoms with Crippen LogP contribution in [0.3, 0.4) is 0 Å². The van der Waals surface area contributed by atoms with Gasteiger partial charge in [-0.3, -0.25) is 0 Å². The molecule has 0 aliphatic heterocycles. The molecular formula is C8H6F5N3O. The lowest BCUT2D eigenvalue weighted by Gasteiger charge is -2.09. The number of oxime groups is 1. The van der Waals surface area contributed by atoms with E-state index in [-0.39, 0.29) is 0 Å². The van der Waals surface area contributed by atoms with Crippen molar-refractivity contribution in [2.45, 2.75) is 0 Å². The third kappa shape index (κ3) is 2.37. The number of hydrogen-bond acceptors (Lipinski definition) is 3. The molecule has 0 amide bonds. The van der Waals surface area contributed by atoms with E-state index in [9.17, 15) is 22.0 Å². The Morgan fingerprint density at radius 2 is 1.41 bits per heavy atom. The maximum atomic E-state index is 13.0. The first-order chi connectivity index (χ1) is 7.90. The molecule has 0 heterocycles. The Bertz CT molecular complexity index is 448. The first-order valence-electron chi connectivity index (χ1n) is 4.11. The predicted molar refractivity (Wildman–Crippen MR) is 48.1 cm³/mol. The average molecular weight is 255 g/mol. The number of nitrogens with one attached hydrogen (secondary N) is 1. The van der Waals surface area contributed by atoms with E-state index in [1.54, 1.807) is 0 Å². The summed E-state index contributed by atoms with van der Waals surface area (Å²) >= 11 is 0. The fraction of sp³-hybridized carbons (Fsp3) is 0.125. The highest BCUT2D eigenvalue weighted by Gasteiger charge is 2.25. The standard InChI is InChI=1S/C8H6F5N3O/c9-3-4(10)6(12)8(7(13)5(3)11)15-1-2(14)16-17/h15,17H,1H2,(H2,14,16). The molecule has 4 nitrogen and oxygen atoms in total. The third-order valence-corrected chi connectivity index (χ3v) is 1.78. The molecule has 9 heteroatoms. The zero-order chi connectivity index (χ0) is 13.2. The number of halogens is 5. The Morgan fingerprint density at radius 1 is 1.00 bits per heavy atom. The van der Waals surface area contributed by atoms with E-state index in [0.717, 1.165) is 0 Å². The van der Waals surface area contributed by atoms with Crippen molar-refractivity contribution in [1.82, 2.24) is 0 Å². The number of rotatable bonds is 3. The Balaban J connectivity index is 3.16. The van der Waals surface area contributed by atoms with Crippen LogP contribution in [0.5, 0.6) is 0 Å². The molecule has 1 aromatic rings. The summed E-state index contributed by atoms with van der Waals surface area (Å²) in [6.07, 6.45) is 0. The molecule has 4 N–H and O–H groups in total. The summed E-state index contributed by atoms with van der Waals surface area (Å²) in [5, 5.41) is 12.4. The van der Waals surface area contributed by atoms with Crippen LogP contribution in [0.1, 0.15) is 0 Å². The largest absolute Gasteiger partial charge is 0.409 e. The lowest BCUT2D eigenvalue weighted by molar-refractivity contribution is 0.317. The molecule has 0 aliphatic rings. The average Bonchev–Trinajstić information content (AvgIpc) is 2.33. The van der Waals surface area contributed by atoms with Gasteiger partial charge in [0.05, 0.1) is 6.54 Å². The fourth-order valence-corrected chi connectivity index (χ4v) is 0.974. The molecule has 0 radical (unpaired) electrons. The van der Waals surface area contributed by atoms with Crippen molar-refractivity contribution in [2.24, 2.45) is 10.9 Å². The van der Waals surface area contributed by atoms with E-state index in [1.165, 1.54) is 0 Å². The van der Waals surface area contributed by atoms with E-state index >= 15 is 0 Å². The van der Waals surface area contributed by atoms with Gasteiger partial charge in [0.15, 0.2) is 29.1 Å². The first kappa shape index (κ1) is 13.0. The van der Waals surface area contributed by atoms with Crippen LogP contribution in [-0.2, 0) is 0 Å². The molecule has 0 saturated heterocycles. The summed E-state index contributed by atoms with van der Waals surface area (Å²) in [7, 11) is 0. The number of anilines is 1. The van der Waals surface area contributed by atoms with Crippen LogP contribution in [-0.4, -0.2) is 17.6 Å². The summed E-state index contributed by atoms with van der Waals surface area (Å²) in [5.74, 6) is -10.9. The van der Waals surface area contributed by atoms with Crippen molar-refractivity contribution in [3.8, 4) is 0 Å². The number of nitrogens with two attached hydrogens (primary N) is 1. The van der Waals surface area contributed by atoms with Crippen LogP contribution in [0.2, 0.25) is 0 Å². The van der Waals surface area contributed by atoms with E-state index in [0.29, 0.717) is 0 Å². The Morgan fingerprint density at radius 3 is 1.82 bits per heavy atom. The third-order valence-electron chi connectivity index (χ3n) is 1.78. The molecule has 0 spiro atoms. The van der Waals surface area contributed by atoms with Gasteiger partial charge in [-0.15, -0.1) is 0 Å². The molecule has 0 saturated carbocycles. The van der Waals surface area contributed by atoms with Gasteiger partial charge < -0.3 is 16.3 Å². The minimum atomic E-state index is -2.26. The van der Waals surface area contributed by atoms with Gasteiger partial charge in [0.1, 0.15) is 5.69 Å². The van der Waals surface area contributed by atoms with Crippen LogP contribution in [0.4, 0.5) is 27.6 Å². The number of nitrogens with zero attached hydrogens (tertiary/aromatic N) is 1. The fourth-order valence-electron chi connectivity index (χ4n) is 0.974. The normalized spacial score (nSPS) is 11.7. The van der Waals surface area contributed by atoms with E-state index in [1.807, 2.05) is 5.32 Å². The maximum Gasteiger partial charge on any atom is 0.200 e. The summed E-state index contributed by atoms with van der Waals surface area (Å²) < 4.78 is 64.1. The van der Waals surface area contributed by atoms with Gasteiger partial charge in [0, 0.05) is 0 Å². The van der Waals surface area contributed by atoms with E-state index in [4.69, 9.17) is 10.9 Å². The lowest BCUT2D eigenvalue weighted by Crippen LogP contribution is -2.24. The Labute approximate surface area is 91.5 Å². The van der Waals surface area contributed by atoms with Crippen LogP contribution in [0.25, 0.3) is 0 Å². The monoisotopic (exact) mass is 255 g/mol. The minimum absolute atomic E-state index is 0.492. The van der Waals surface area contributed by atoms with Crippen molar-refractivity contribution in [2.75, 3.05) is 11.9 Å². The van der Waals surface area contributed by atoms with Crippen LogP contribution in [0.15, 0.2) is 5.16 Å². The van der Waals surface area contributed by atoms with Gasteiger partial charge in [-0.25, -0.2) is 22.0 Å². The Kier molecular flexibility index (Phi) is 3.71. The summed E-state index contributed by atoms with van der Waals surface area (Å²) in [6, 6.07) is 0. The molecule has 0 aromatic heterocycles. The minimum Gasteiger partial charge on any atom is -0.409 e. The Hall–Kier alpha value is -2.06. The molecule has 0 unspecified atom stereocenters. The highest BCUT2D eigenvalue weighted by atomic mass is 19.2. The lowest BCUT2D eigenvalue weighted by atomic mass is 10.2. The highest BCUT2D eigenvalue weighted by Crippen LogP contribution is 2.26. The van der Waals surface area contributed by atoms with Crippen molar-refractivity contribution in [3.05, 3.63) is 29.1 Å². The van der Waals surface area contributed by atoms with Crippen molar-refractivity contribution in [3.63, 3.8) is 0 Å². The van der Waals surface area contributed by atoms with Crippen molar-refractivity contribution < 1.29 is 27.2 Å². The van der Waals surface area contributed by atoms with E-state index in [2.05, 4.69) is 5.16 Å². The van der Waals surface area contributed by atoms with Gasteiger partial charge in [-0.1, -0.05) is 5.16 Å². The smallest absolute Gasteiger partial charge is 0.200 e. The molecule has 0 bridgehead atoms. The van der Waals surface area contributed by atoms with Gasteiger partial charge in [0.2, 0.25) is 5.82 Å². The van der Waals surface area contributed by atoms with Gasteiger partial charge in [0.25, 0.3) is 0 Å². The second kappa shape index (κ2) is 4.85. The van der Waals surface area contributed by atoms with Crippen LogP contribution < -0.4 is 11.1 Å². The molecule has 0 fully saturated rings. The second-order valence-corrected chi connectivity index (χ2v) is 2.89. The van der Waals surface area contributed by atoms with E-state index < -0.39 is 47.2 Å². The molecule has 1 rings (SSSR count). The van der Waals surface area contributed by atoms with Gasteiger partial charge in [-0.2, -0.15) is 0 Å². The zero-order valence-corrected chi connectivity index (χ0v) is 8.07. The van der Waals surface area contributed by atoms with Crippen LogP contribution in [0, 0.1) is 29.1 Å². The number of hydrogen-bond donors (Lipinski definition) is 3. The van der Waals surface area contributed by atoms with Gasteiger partial charge >= 0.3 is 0 Å². The first-order valence-corrected chi connectivity index (χ1v) is 4.11. The second-order valence-electron chi connectivity index (χ2n) is 2.89. The number of amidine groups is 1. The zero-order valence-electron chi connectivity index (χ0n) is 8.07. The molecular weight excluding hydrogens is 249 g/mol. The summed E-state index contributed by atoms with van der Waals surface area (Å²) in [6.45, 7) is -0.588. The van der Waals surface area contributed by atoms with Gasteiger partial charge in [-0.05, 0) is 0 Å². The number of benzene rings is 1. The molecule has 1 aromatic carbocycles. The summed E-state index contributed by atoms with van der Waals surface area (Å²) in [5.41, 5.74) is 3.72.